The number of benzene rings is 2. The summed E-state index contributed by atoms with van der Waals surface area (Å²) in [6.45, 7) is 7.60. The fourth-order valence-corrected chi connectivity index (χ4v) is 4.95. The van der Waals surface area contributed by atoms with Crippen LogP contribution in [-0.4, -0.2) is 74.1 Å². The zero-order chi connectivity index (χ0) is 28.4. The molecule has 2 aromatic carbocycles. The predicted octanol–water partition coefficient (Wildman–Crippen LogP) is 5.43. The Morgan fingerprint density at radius 2 is 1.44 bits per heavy atom. The number of Topliss-reactive ketones (excluding diaryl/α,β-unsaturated/α-hetero) is 1. The molecule has 1 saturated heterocycles. The normalized spacial score (nSPS) is 16.7. The first-order valence-corrected chi connectivity index (χ1v) is 13.8. The number of ether oxygens (including phenoxy) is 3. The van der Waals surface area contributed by atoms with Crippen LogP contribution in [0.1, 0.15) is 63.1 Å². The van der Waals surface area contributed by atoms with Crippen LogP contribution in [0.25, 0.3) is 5.76 Å². The van der Waals surface area contributed by atoms with E-state index in [-0.39, 0.29) is 11.3 Å². The molecule has 0 spiro atoms. The topological polar surface area (TPSA) is 88.5 Å². The first kappa shape index (κ1) is 30.0. The fourth-order valence-electron chi connectivity index (χ4n) is 4.95. The van der Waals surface area contributed by atoms with Gasteiger partial charge in [0.25, 0.3) is 11.7 Å². The molecule has 2 aromatic rings. The lowest BCUT2D eigenvalue weighted by atomic mass is 9.94. The number of nitrogens with zero attached hydrogens (tertiary/aromatic N) is 2. The van der Waals surface area contributed by atoms with Crippen molar-refractivity contribution in [1.29, 1.82) is 0 Å². The molecular weight excluding hydrogens is 496 g/mol. The molecule has 212 valence electrons. The number of ketones is 1. The van der Waals surface area contributed by atoms with Crippen LogP contribution in [0, 0.1) is 0 Å². The number of unbranched alkanes of at least 4 members (excludes halogenated alkanes) is 2. The molecule has 0 aromatic heterocycles. The summed E-state index contributed by atoms with van der Waals surface area (Å²) < 4.78 is 16.2. The molecule has 0 aliphatic carbocycles. The van der Waals surface area contributed by atoms with E-state index in [0.717, 1.165) is 45.3 Å². The second kappa shape index (κ2) is 14.6. The second-order valence-electron chi connectivity index (χ2n) is 9.73. The van der Waals surface area contributed by atoms with E-state index < -0.39 is 17.7 Å². The summed E-state index contributed by atoms with van der Waals surface area (Å²) in [7, 11) is 4.66. The smallest absolute Gasteiger partial charge is 0.295 e. The maximum Gasteiger partial charge on any atom is 0.295 e. The van der Waals surface area contributed by atoms with E-state index in [0.29, 0.717) is 41.3 Å². The van der Waals surface area contributed by atoms with Crippen LogP contribution in [0.15, 0.2) is 48.0 Å². The Labute approximate surface area is 232 Å². The minimum atomic E-state index is -0.798. The number of methoxy groups -OCH3 is 3. The Balaban J connectivity index is 2.01. The number of hydrogen-bond donors (Lipinski definition) is 1. The highest BCUT2D eigenvalue weighted by Gasteiger charge is 2.46. The molecule has 0 unspecified atom stereocenters. The molecule has 1 atom stereocenters. The van der Waals surface area contributed by atoms with Crippen LogP contribution in [0.3, 0.4) is 0 Å². The number of hydrogen-bond acceptors (Lipinski definition) is 7. The van der Waals surface area contributed by atoms with E-state index >= 15 is 0 Å². The summed E-state index contributed by atoms with van der Waals surface area (Å²) in [6, 6.07) is 11.2. The highest BCUT2D eigenvalue weighted by Crippen LogP contribution is 2.43. The van der Waals surface area contributed by atoms with Crippen molar-refractivity contribution in [3.63, 3.8) is 0 Å². The van der Waals surface area contributed by atoms with Gasteiger partial charge in [-0.2, -0.15) is 0 Å². The zero-order valence-corrected chi connectivity index (χ0v) is 23.9. The second-order valence-corrected chi connectivity index (χ2v) is 9.73. The van der Waals surface area contributed by atoms with Gasteiger partial charge in [0.2, 0.25) is 0 Å². The lowest BCUT2D eigenvalue weighted by Crippen LogP contribution is -2.34. The molecule has 0 saturated carbocycles. The predicted molar refractivity (Wildman–Crippen MR) is 152 cm³/mol. The highest BCUT2D eigenvalue weighted by atomic mass is 16.5. The molecular formula is C31H42N2O6. The van der Waals surface area contributed by atoms with Crippen molar-refractivity contribution in [2.24, 2.45) is 0 Å². The number of aliphatic hydroxyl groups is 1. The van der Waals surface area contributed by atoms with Crippen LogP contribution < -0.4 is 14.2 Å². The first-order chi connectivity index (χ1) is 18.9. The molecule has 1 N–H and O–H groups in total. The molecule has 3 rings (SSSR count). The van der Waals surface area contributed by atoms with Gasteiger partial charge in [0.15, 0.2) is 0 Å². The number of aliphatic hydroxyl groups excluding tert-OH is 1. The Hall–Kier alpha value is -3.52. The zero-order valence-electron chi connectivity index (χ0n) is 23.9. The molecule has 0 bridgehead atoms. The summed E-state index contributed by atoms with van der Waals surface area (Å²) in [5.74, 6) is 0.121. The van der Waals surface area contributed by atoms with Gasteiger partial charge in [-0.15, -0.1) is 0 Å². The molecule has 1 aliphatic heterocycles. The highest BCUT2D eigenvalue weighted by molar-refractivity contribution is 6.46. The van der Waals surface area contributed by atoms with Crippen molar-refractivity contribution in [1.82, 2.24) is 9.80 Å². The molecule has 1 fully saturated rings. The summed E-state index contributed by atoms with van der Waals surface area (Å²) in [5, 5.41) is 11.4. The largest absolute Gasteiger partial charge is 0.507 e. The Bertz CT molecular complexity index is 1140. The third-order valence-corrected chi connectivity index (χ3v) is 7.17. The van der Waals surface area contributed by atoms with Gasteiger partial charge in [-0.3, -0.25) is 9.59 Å². The molecule has 1 aliphatic rings. The minimum Gasteiger partial charge on any atom is -0.507 e. The lowest BCUT2D eigenvalue weighted by molar-refractivity contribution is -0.140. The van der Waals surface area contributed by atoms with Crippen LogP contribution in [0.2, 0.25) is 0 Å². The third-order valence-electron chi connectivity index (χ3n) is 7.17. The average molecular weight is 539 g/mol. The van der Waals surface area contributed by atoms with Gasteiger partial charge >= 0.3 is 0 Å². The molecule has 1 amide bonds. The molecule has 8 nitrogen and oxygen atoms in total. The monoisotopic (exact) mass is 538 g/mol. The average Bonchev–Trinajstić information content (AvgIpc) is 3.22. The Morgan fingerprint density at radius 1 is 0.846 bits per heavy atom. The number of likely N-dealkylation sites (tertiary alicyclic amines) is 1. The quantitative estimate of drug-likeness (QED) is 0.184. The third kappa shape index (κ3) is 7.12. The standard InChI is InChI=1S/C31H42N2O6/c1-6-8-17-32(18-9-7-2)19-10-20-33-28(25-16-15-24(38-4)21-26(25)39-5)27(30(35)31(33)36)29(34)22-11-13-23(37-3)14-12-22/h11-16,21,28,34H,6-10,17-20H2,1-5H3/t28-/m0/s1. The number of amides is 1. The summed E-state index contributed by atoms with van der Waals surface area (Å²) in [6.07, 6.45) is 5.20. The van der Waals surface area contributed by atoms with Crippen LogP contribution in [0.5, 0.6) is 17.2 Å². The van der Waals surface area contributed by atoms with Crippen LogP contribution >= 0.6 is 0 Å². The Kier molecular flexibility index (Phi) is 11.2. The van der Waals surface area contributed by atoms with E-state index in [1.165, 1.54) is 7.11 Å². The SMILES string of the molecule is CCCCN(CCCC)CCCN1C(=O)C(=O)C(=C(O)c2ccc(OC)cc2)[C@@H]1c1ccc(OC)cc1OC. The summed E-state index contributed by atoms with van der Waals surface area (Å²) in [4.78, 5) is 30.8. The molecule has 0 radical (unpaired) electrons. The van der Waals surface area contributed by atoms with Crippen molar-refractivity contribution in [2.75, 3.05) is 47.5 Å². The molecule has 1 heterocycles. The van der Waals surface area contributed by atoms with Gasteiger partial charge in [-0.1, -0.05) is 26.7 Å². The van der Waals surface area contributed by atoms with Gasteiger partial charge in [0, 0.05) is 23.7 Å². The lowest BCUT2D eigenvalue weighted by Gasteiger charge is -2.28. The molecule has 8 heteroatoms. The van der Waals surface area contributed by atoms with E-state index in [4.69, 9.17) is 14.2 Å². The maximum absolute atomic E-state index is 13.4. The minimum absolute atomic E-state index is 0.0439. The number of rotatable bonds is 15. The van der Waals surface area contributed by atoms with Crippen LogP contribution in [0.4, 0.5) is 0 Å². The first-order valence-electron chi connectivity index (χ1n) is 13.8. The number of carbonyl (C=O) groups is 2. The molecule has 39 heavy (non-hydrogen) atoms. The van der Waals surface area contributed by atoms with Crippen molar-refractivity contribution in [2.45, 2.75) is 52.0 Å². The van der Waals surface area contributed by atoms with Crippen molar-refractivity contribution in [3.05, 3.63) is 59.2 Å². The van der Waals surface area contributed by atoms with Gasteiger partial charge in [-0.05, 0) is 75.3 Å². The van der Waals surface area contributed by atoms with Crippen molar-refractivity contribution < 1.29 is 28.9 Å². The van der Waals surface area contributed by atoms with E-state index in [1.54, 1.807) is 61.6 Å². The van der Waals surface area contributed by atoms with Crippen molar-refractivity contribution in [3.8, 4) is 17.2 Å². The van der Waals surface area contributed by atoms with Crippen LogP contribution in [-0.2, 0) is 9.59 Å². The van der Waals surface area contributed by atoms with E-state index in [9.17, 15) is 14.7 Å². The van der Waals surface area contributed by atoms with Gasteiger partial charge in [0.05, 0.1) is 32.9 Å². The van der Waals surface area contributed by atoms with Gasteiger partial charge in [-0.25, -0.2) is 0 Å². The van der Waals surface area contributed by atoms with E-state index in [1.807, 2.05) is 0 Å². The number of carbonyl (C=O) groups excluding carboxylic acids is 2. The maximum atomic E-state index is 13.4. The summed E-state index contributed by atoms with van der Waals surface area (Å²) in [5.41, 5.74) is 1.08. The van der Waals surface area contributed by atoms with E-state index in [2.05, 4.69) is 18.7 Å². The van der Waals surface area contributed by atoms with Crippen molar-refractivity contribution >= 4 is 17.4 Å². The Morgan fingerprint density at radius 3 is 2.00 bits per heavy atom. The summed E-state index contributed by atoms with van der Waals surface area (Å²) >= 11 is 0. The van der Waals surface area contributed by atoms with Gasteiger partial charge in [0.1, 0.15) is 23.0 Å². The van der Waals surface area contributed by atoms with Gasteiger partial charge < -0.3 is 29.1 Å². The fraction of sp³-hybridized carbons (Fsp3) is 0.484.